The first-order valence-electron chi connectivity index (χ1n) is 5.47. The Morgan fingerprint density at radius 3 is 2.68 bits per heavy atom. The van der Waals surface area contributed by atoms with Crippen molar-refractivity contribution in [3.05, 3.63) is 62.8 Å². The van der Waals surface area contributed by atoms with Crippen molar-refractivity contribution in [2.75, 3.05) is 5.32 Å². The van der Waals surface area contributed by atoms with Gasteiger partial charge in [-0.05, 0) is 30.3 Å². The minimum absolute atomic E-state index is 0.286. The SMILES string of the molecule is N#Cc1ccc(NCc2ccc(Br)cc2F)c(Cl)c1. The topological polar surface area (TPSA) is 35.8 Å². The van der Waals surface area contributed by atoms with Crippen molar-refractivity contribution in [1.29, 1.82) is 5.26 Å². The molecule has 96 valence electrons. The Bertz CT molecular complexity index is 652. The Labute approximate surface area is 123 Å². The predicted octanol–water partition coefficient (Wildman–Crippen LogP) is 4.73. The van der Waals surface area contributed by atoms with Crippen LogP contribution in [0.25, 0.3) is 0 Å². The van der Waals surface area contributed by atoms with E-state index in [9.17, 15) is 4.39 Å². The van der Waals surface area contributed by atoms with Crippen molar-refractivity contribution >= 4 is 33.2 Å². The van der Waals surface area contributed by atoms with Gasteiger partial charge in [0.25, 0.3) is 0 Å². The molecule has 0 heterocycles. The second kappa shape index (κ2) is 6.05. The molecule has 0 saturated heterocycles. The zero-order chi connectivity index (χ0) is 13.8. The fraction of sp³-hybridized carbons (Fsp3) is 0.0714. The molecule has 0 aromatic heterocycles. The number of rotatable bonds is 3. The maximum absolute atomic E-state index is 13.6. The van der Waals surface area contributed by atoms with E-state index in [1.54, 1.807) is 30.3 Å². The molecular weight excluding hydrogens is 331 g/mol. The molecule has 0 unspecified atom stereocenters. The number of nitrogens with zero attached hydrogens (tertiary/aromatic N) is 1. The second-order valence-electron chi connectivity index (χ2n) is 3.90. The smallest absolute Gasteiger partial charge is 0.129 e. The lowest BCUT2D eigenvalue weighted by Gasteiger charge is -2.09. The summed E-state index contributed by atoms with van der Waals surface area (Å²) in [7, 11) is 0. The molecule has 2 aromatic carbocycles. The van der Waals surface area contributed by atoms with Gasteiger partial charge in [-0.3, -0.25) is 0 Å². The van der Waals surface area contributed by atoms with Crippen molar-refractivity contribution in [1.82, 2.24) is 0 Å². The predicted molar refractivity (Wildman–Crippen MR) is 77.6 cm³/mol. The summed E-state index contributed by atoms with van der Waals surface area (Å²) in [6.07, 6.45) is 0. The van der Waals surface area contributed by atoms with Crippen LogP contribution < -0.4 is 5.32 Å². The Morgan fingerprint density at radius 2 is 2.05 bits per heavy atom. The molecule has 0 saturated carbocycles. The first-order valence-corrected chi connectivity index (χ1v) is 6.64. The minimum Gasteiger partial charge on any atom is -0.380 e. The molecule has 0 amide bonds. The number of nitriles is 1. The van der Waals surface area contributed by atoms with Crippen molar-refractivity contribution in [2.45, 2.75) is 6.54 Å². The molecule has 0 fully saturated rings. The van der Waals surface area contributed by atoms with Gasteiger partial charge >= 0.3 is 0 Å². The van der Waals surface area contributed by atoms with Crippen LogP contribution in [-0.2, 0) is 6.54 Å². The fourth-order valence-corrected chi connectivity index (χ4v) is 2.16. The molecule has 1 N–H and O–H groups in total. The van der Waals surface area contributed by atoms with Gasteiger partial charge in [-0.1, -0.05) is 33.6 Å². The zero-order valence-corrected chi connectivity index (χ0v) is 12.1. The van der Waals surface area contributed by atoms with Crippen LogP contribution in [0.2, 0.25) is 5.02 Å². The highest BCUT2D eigenvalue weighted by Crippen LogP contribution is 2.24. The highest BCUT2D eigenvalue weighted by Gasteiger charge is 2.05. The van der Waals surface area contributed by atoms with Crippen LogP contribution in [0.3, 0.4) is 0 Å². The highest BCUT2D eigenvalue weighted by molar-refractivity contribution is 9.10. The van der Waals surface area contributed by atoms with Crippen LogP contribution in [0.4, 0.5) is 10.1 Å². The summed E-state index contributed by atoms with van der Waals surface area (Å²) >= 11 is 9.23. The molecule has 0 spiro atoms. The van der Waals surface area contributed by atoms with E-state index < -0.39 is 0 Å². The lowest BCUT2D eigenvalue weighted by molar-refractivity contribution is 0.612. The average Bonchev–Trinajstić information content (AvgIpc) is 2.39. The number of hydrogen-bond acceptors (Lipinski definition) is 2. The zero-order valence-electron chi connectivity index (χ0n) is 9.75. The molecule has 5 heteroatoms. The van der Waals surface area contributed by atoms with Crippen LogP contribution in [0, 0.1) is 17.1 Å². The van der Waals surface area contributed by atoms with E-state index in [1.165, 1.54) is 6.07 Å². The van der Waals surface area contributed by atoms with E-state index in [-0.39, 0.29) is 5.82 Å². The van der Waals surface area contributed by atoms with Gasteiger partial charge in [0.1, 0.15) is 5.82 Å². The van der Waals surface area contributed by atoms with Gasteiger partial charge in [0.2, 0.25) is 0 Å². The maximum atomic E-state index is 13.6. The molecule has 2 aromatic rings. The van der Waals surface area contributed by atoms with Crippen molar-refractivity contribution in [3.8, 4) is 6.07 Å². The molecule has 0 aliphatic rings. The number of halogens is 3. The van der Waals surface area contributed by atoms with E-state index >= 15 is 0 Å². The highest BCUT2D eigenvalue weighted by atomic mass is 79.9. The molecule has 2 nitrogen and oxygen atoms in total. The maximum Gasteiger partial charge on any atom is 0.129 e. The largest absolute Gasteiger partial charge is 0.380 e. The minimum atomic E-state index is -0.286. The summed E-state index contributed by atoms with van der Waals surface area (Å²) < 4.78 is 14.3. The third-order valence-corrected chi connectivity index (χ3v) is 3.39. The second-order valence-corrected chi connectivity index (χ2v) is 5.22. The average molecular weight is 340 g/mol. The molecule has 0 bridgehead atoms. The molecular formula is C14H9BrClFN2. The molecule has 0 radical (unpaired) electrons. The first kappa shape index (κ1) is 13.9. The third kappa shape index (κ3) is 3.46. The first-order chi connectivity index (χ1) is 9.10. The summed E-state index contributed by atoms with van der Waals surface area (Å²) in [6, 6.07) is 11.8. The fourth-order valence-electron chi connectivity index (χ4n) is 1.58. The number of anilines is 1. The Balaban J connectivity index is 2.13. The molecule has 2 rings (SSSR count). The molecule has 0 atom stereocenters. The van der Waals surface area contributed by atoms with Gasteiger partial charge in [-0.15, -0.1) is 0 Å². The Hall–Kier alpha value is -1.57. The lowest BCUT2D eigenvalue weighted by Crippen LogP contribution is -2.02. The summed E-state index contributed by atoms with van der Waals surface area (Å²) in [5.74, 6) is -0.286. The molecule has 0 aliphatic heterocycles. The summed E-state index contributed by atoms with van der Waals surface area (Å²) in [5.41, 5.74) is 1.71. The molecule has 19 heavy (non-hydrogen) atoms. The van der Waals surface area contributed by atoms with Gasteiger partial charge < -0.3 is 5.32 Å². The quantitative estimate of drug-likeness (QED) is 0.878. The normalized spacial score (nSPS) is 10.0. The van der Waals surface area contributed by atoms with Crippen LogP contribution in [0.5, 0.6) is 0 Å². The van der Waals surface area contributed by atoms with Crippen molar-refractivity contribution in [3.63, 3.8) is 0 Å². The monoisotopic (exact) mass is 338 g/mol. The van der Waals surface area contributed by atoms with Crippen LogP contribution in [-0.4, -0.2) is 0 Å². The van der Waals surface area contributed by atoms with Crippen LogP contribution in [0.1, 0.15) is 11.1 Å². The standard InChI is InChI=1S/C14H9BrClFN2/c15-11-3-2-10(13(17)6-11)8-19-14-4-1-9(7-18)5-12(14)16/h1-6,19H,8H2. The van der Waals surface area contributed by atoms with Gasteiger partial charge in [0, 0.05) is 16.6 Å². The van der Waals surface area contributed by atoms with E-state index in [0.29, 0.717) is 32.9 Å². The molecule has 0 aliphatic carbocycles. The van der Waals surface area contributed by atoms with E-state index in [4.69, 9.17) is 16.9 Å². The summed E-state index contributed by atoms with van der Waals surface area (Å²) in [4.78, 5) is 0. The van der Waals surface area contributed by atoms with E-state index in [1.807, 2.05) is 6.07 Å². The van der Waals surface area contributed by atoms with Crippen LogP contribution in [0.15, 0.2) is 40.9 Å². The Kier molecular flexibility index (Phi) is 4.41. The Morgan fingerprint density at radius 1 is 1.26 bits per heavy atom. The van der Waals surface area contributed by atoms with E-state index in [2.05, 4.69) is 21.2 Å². The summed E-state index contributed by atoms with van der Waals surface area (Å²) in [6.45, 7) is 0.324. The van der Waals surface area contributed by atoms with Crippen molar-refractivity contribution in [2.24, 2.45) is 0 Å². The van der Waals surface area contributed by atoms with E-state index in [0.717, 1.165) is 0 Å². The number of nitrogens with one attached hydrogen (secondary N) is 1. The lowest BCUT2D eigenvalue weighted by atomic mass is 10.2. The third-order valence-electron chi connectivity index (χ3n) is 2.58. The van der Waals surface area contributed by atoms with Gasteiger partial charge in [0.15, 0.2) is 0 Å². The van der Waals surface area contributed by atoms with Crippen LogP contribution >= 0.6 is 27.5 Å². The van der Waals surface area contributed by atoms with Crippen molar-refractivity contribution < 1.29 is 4.39 Å². The van der Waals surface area contributed by atoms with Gasteiger partial charge in [0.05, 0.1) is 22.3 Å². The summed E-state index contributed by atoms with van der Waals surface area (Å²) in [5, 5.41) is 12.2. The number of benzene rings is 2. The van der Waals surface area contributed by atoms with Gasteiger partial charge in [-0.25, -0.2) is 4.39 Å². The van der Waals surface area contributed by atoms with Gasteiger partial charge in [-0.2, -0.15) is 5.26 Å². The number of hydrogen-bond donors (Lipinski definition) is 1.